The molecule has 0 spiro atoms. The predicted octanol–water partition coefficient (Wildman–Crippen LogP) is 4.88. The molecular weight excluding hydrogens is 388 g/mol. The van der Waals surface area contributed by atoms with Gasteiger partial charge in [0.2, 0.25) is 0 Å². The van der Waals surface area contributed by atoms with Crippen LogP contribution in [0.2, 0.25) is 0 Å². The summed E-state index contributed by atoms with van der Waals surface area (Å²) in [5.74, 6) is -2.67. The van der Waals surface area contributed by atoms with Gasteiger partial charge in [0.25, 0.3) is 11.7 Å². The highest BCUT2D eigenvalue weighted by atomic mass is 32.2. The van der Waals surface area contributed by atoms with Gasteiger partial charge in [0.15, 0.2) is 0 Å². The molecule has 2 heterocycles. The third-order valence-corrected chi connectivity index (χ3v) is 5.35. The standard InChI is InChI=1S/C19H17F2N3OS2/c20-19(21)27-15-5-3-14(4-6-15)18(25)23-9-1-2-17-24-16(12-26-17)13-7-10-22-11-8-13/h3-8,10-12,19H,1-2,9H2,(H,23,25). The van der Waals surface area contributed by atoms with Crippen LogP contribution in [0.5, 0.6) is 0 Å². The number of nitrogens with zero attached hydrogens (tertiary/aromatic N) is 2. The molecule has 0 saturated carbocycles. The molecule has 0 aliphatic rings. The number of nitrogens with one attached hydrogen (secondary N) is 1. The van der Waals surface area contributed by atoms with Crippen LogP contribution >= 0.6 is 23.1 Å². The molecule has 140 valence electrons. The number of hydrogen-bond donors (Lipinski definition) is 1. The number of aromatic nitrogens is 2. The molecule has 0 radical (unpaired) electrons. The third kappa shape index (κ3) is 5.83. The molecule has 1 N–H and O–H groups in total. The van der Waals surface area contributed by atoms with Gasteiger partial charge in [0, 0.05) is 46.8 Å². The van der Waals surface area contributed by atoms with Crippen LogP contribution in [0.25, 0.3) is 11.3 Å². The average molecular weight is 405 g/mol. The van der Waals surface area contributed by atoms with Crippen LogP contribution in [0.15, 0.2) is 59.1 Å². The maximum absolute atomic E-state index is 12.3. The molecular formula is C19H17F2N3OS2. The van der Waals surface area contributed by atoms with Crippen molar-refractivity contribution in [1.82, 2.24) is 15.3 Å². The Labute approximate surface area is 164 Å². The van der Waals surface area contributed by atoms with Crippen molar-refractivity contribution >= 4 is 29.0 Å². The van der Waals surface area contributed by atoms with Gasteiger partial charge in [-0.25, -0.2) is 4.98 Å². The molecule has 4 nitrogen and oxygen atoms in total. The topological polar surface area (TPSA) is 54.9 Å². The highest BCUT2D eigenvalue weighted by Crippen LogP contribution is 2.25. The number of pyridine rings is 1. The minimum absolute atomic E-state index is 0.208. The zero-order valence-electron chi connectivity index (χ0n) is 14.3. The van der Waals surface area contributed by atoms with Crippen molar-refractivity contribution in [1.29, 1.82) is 0 Å². The van der Waals surface area contributed by atoms with Gasteiger partial charge in [-0.15, -0.1) is 11.3 Å². The maximum atomic E-state index is 12.3. The van der Waals surface area contributed by atoms with Crippen molar-refractivity contribution in [3.8, 4) is 11.3 Å². The predicted molar refractivity (Wildman–Crippen MR) is 104 cm³/mol. The number of carbonyl (C=O) groups excluding carboxylic acids is 1. The zero-order valence-corrected chi connectivity index (χ0v) is 15.9. The van der Waals surface area contributed by atoms with E-state index in [0.29, 0.717) is 28.8 Å². The fraction of sp³-hybridized carbons (Fsp3) is 0.211. The minimum Gasteiger partial charge on any atom is -0.352 e. The first-order valence-corrected chi connectivity index (χ1v) is 10.1. The van der Waals surface area contributed by atoms with Crippen molar-refractivity contribution in [2.45, 2.75) is 23.5 Å². The van der Waals surface area contributed by atoms with Gasteiger partial charge in [-0.3, -0.25) is 9.78 Å². The van der Waals surface area contributed by atoms with Crippen LogP contribution in [-0.2, 0) is 6.42 Å². The molecule has 1 amide bonds. The van der Waals surface area contributed by atoms with Crippen LogP contribution in [0.3, 0.4) is 0 Å². The SMILES string of the molecule is O=C(NCCCc1nc(-c2ccncc2)cs1)c1ccc(SC(F)F)cc1. The van der Waals surface area contributed by atoms with Crippen molar-refractivity contribution in [3.05, 3.63) is 64.7 Å². The number of rotatable bonds is 8. The van der Waals surface area contributed by atoms with E-state index in [4.69, 9.17) is 0 Å². The summed E-state index contributed by atoms with van der Waals surface area (Å²) in [5.41, 5.74) is 2.43. The summed E-state index contributed by atoms with van der Waals surface area (Å²) in [7, 11) is 0. The number of thioether (sulfide) groups is 1. The summed E-state index contributed by atoms with van der Waals surface area (Å²) in [5, 5.41) is 5.88. The lowest BCUT2D eigenvalue weighted by Gasteiger charge is -2.05. The van der Waals surface area contributed by atoms with E-state index >= 15 is 0 Å². The van der Waals surface area contributed by atoms with E-state index in [9.17, 15) is 13.6 Å². The first-order valence-electron chi connectivity index (χ1n) is 8.29. The maximum Gasteiger partial charge on any atom is 0.288 e. The highest BCUT2D eigenvalue weighted by molar-refractivity contribution is 7.99. The summed E-state index contributed by atoms with van der Waals surface area (Å²) < 4.78 is 24.6. The molecule has 0 atom stereocenters. The van der Waals surface area contributed by atoms with Crippen molar-refractivity contribution < 1.29 is 13.6 Å². The van der Waals surface area contributed by atoms with Gasteiger partial charge < -0.3 is 5.32 Å². The average Bonchev–Trinajstić information content (AvgIpc) is 3.15. The van der Waals surface area contributed by atoms with Crippen LogP contribution in [0.1, 0.15) is 21.8 Å². The number of aryl methyl sites for hydroxylation is 1. The Bertz CT molecular complexity index is 870. The number of thiazole rings is 1. The molecule has 2 aromatic heterocycles. The number of benzene rings is 1. The van der Waals surface area contributed by atoms with E-state index in [1.54, 1.807) is 35.9 Å². The van der Waals surface area contributed by atoms with Crippen LogP contribution in [0.4, 0.5) is 8.78 Å². The Kier molecular flexibility index (Phi) is 6.89. The second-order valence-corrected chi connectivity index (χ2v) is 7.63. The van der Waals surface area contributed by atoms with Crippen LogP contribution in [0, 0.1) is 0 Å². The first kappa shape index (κ1) is 19.4. The number of alkyl halides is 2. The molecule has 0 bridgehead atoms. The monoisotopic (exact) mass is 405 g/mol. The van der Waals surface area contributed by atoms with E-state index in [0.717, 1.165) is 29.1 Å². The molecule has 0 aliphatic carbocycles. The molecule has 0 unspecified atom stereocenters. The summed E-state index contributed by atoms with van der Waals surface area (Å²) in [6.07, 6.45) is 5.03. The quantitative estimate of drug-likeness (QED) is 0.429. The number of carbonyl (C=O) groups is 1. The van der Waals surface area contributed by atoms with E-state index in [-0.39, 0.29) is 5.91 Å². The van der Waals surface area contributed by atoms with Crippen molar-refractivity contribution in [3.63, 3.8) is 0 Å². The molecule has 27 heavy (non-hydrogen) atoms. The molecule has 0 fully saturated rings. The van der Waals surface area contributed by atoms with E-state index in [1.807, 2.05) is 17.5 Å². The second kappa shape index (κ2) is 9.57. The number of amides is 1. The second-order valence-electron chi connectivity index (χ2n) is 5.62. The molecule has 0 saturated heterocycles. The van der Waals surface area contributed by atoms with Crippen molar-refractivity contribution in [2.24, 2.45) is 0 Å². The summed E-state index contributed by atoms with van der Waals surface area (Å²) in [6, 6.07) is 10.0. The lowest BCUT2D eigenvalue weighted by Crippen LogP contribution is -2.24. The largest absolute Gasteiger partial charge is 0.352 e. The Hall–Kier alpha value is -2.32. The molecule has 8 heteroatoms. The molecule has 1 aromatic carbocycles. The minimum atomic E-state index is -2.46. The van der Waals surface area contributed by atoms with E-state index < -0.39 is 5.76 Å². The normalized spacial score (nSPS) is 10.9. The van der Waals surface area contributed by atoms with Gasteiger partial charge in [-0.2, -0.15) is 8.78 Å². The lowest BCUT2D eigenvalue weighted by atomic mass is 10.2. The van der Waals surface area contributed by atoms with Gasteiger partial charge in [0.1, 0.15) is 0 Å². The van der Waals surface area contributed by atoms with Gasteiger partial charge in [0.05, 0.1) is 10.7 Å². The van der Waals surface area contributed by atoms with Crippen LogP contribution in [-0.4, -0.2) is 28.2 Å². The number of halogens is 2. The third-order valence-electron chi connectivity index (χ3n) is 3.72. The molecule has 3 aromatic rings. The van der Waals surface area contributed by atoms with Gasteiger partial charge in [-0.1, -0.05) is 11.8 Å². The summed E-state index contributed by atoms with van der Waals surface area (Å²) >= 11 is 2.06. The highest BCUT2D eigenvalue weighted by Gasteiger charge is 2.09. The summed E-state index contributed by atoms with van der Waals surface area (Å²) in [4.78, 5) is 21.1. The van der Waals surface area contributed by atoms with Gasteiger partial charge >= 0.3 is 0 Å². The van der Waals surface area contributed by atoms with Crippen molar-refractivity contribution in [2.75, 3.05) is 6.54 Å². The Morgan fingerprint density at radius 1 is 1.15 bits per heavy atom. The van der Waals surface area contributed by atoms with E-state index in [2.05, 4.69) is 15.3 Å². The fourth-order valence-electron chi connectivity index (χ4n) is 2.41. The fourth-order valence-corrected chi connectivity index (χ4v) is 3.76. The van der Waals surface area contributed by atoms with Crippen LogP contribution < -0.4 is 5.32 Å². The first-order chi connectivity index (χ1) is 13.1. The Balaban J connectivity index is 1.43. The summed E-state index contributed by atoms with van der Waals surface area (Å²) in [6.45, 7) is 0.524. The smallest absolute Gasteiger partial charge is 0.288 e. The Morgan fingerprint density at radius 2 is 1.89 bits per heavy atom. The molecule has 3 rings (SSSR count). The van der Waals surface area contributed by atoms with E-state index in [1.165, 1.54) is 12.1 Å². The van der Waals surface area contributed by atoms with Gasteiger partial charge in [-0.05, 0) is 42.8 Å². The lowest BCUT2D eigenvalue weighted by molar-refractivity contribution is 0.0953. The zero-order chi connectivity index (χ0) is 19.1. The molecule has 0 aliphatic heterocycles. The number of hydrogen-bond acceptors (Lipinski definition) is 5. The Morgan fingerprint density at radius 3 is 2.59 bits per heavy atom.